The van der Waals surface area contributed by atoms with Gasteiger partial charge in [0.1, 0.15) is 0 Å². The van der Waals surface area contributed by atoms with E-state index in [4.69, 9.17) is 4.74 Å². The van der Waals surface area contributed by atoms with Gasteiger partial charge in [-0.15, -0.1) is 0 Å². The van der Waals surface area contributed by atoms with Gasteiger partial charge in [0, 0.05) is 7.11 Å². The zero-order valence-corrected chi connectivity index (χ0v) is 14.7. The Balaban J connectivity index is 2.99. The average Bonchev–Trinajstić information content (AvgIpc) is 2.80. The molecule has 0 amide bonds. The van der Waals surface area contributed by atoms with E-state index in [0.717, 1.165) is 11.0 Å². The van der Waals surface area contributed by atoms with Crippen LogP contribution in [0.4, 0.5) is 0 Å². The fourth-order valence-corrected chi connectivity index (χ4v) is 3.39. The molecule has 4 nitrogen and oxygen atoms in total. The van der Waals surface area contributed by atoms with Crippen LogP contribution in [0.15, 0.2) is 10.7 Å². The topological polar surface area (TPSA) is 39.1 Å². The van der Waals surface area contributed by atoms with E-state index in [2.05, 4.69) is 44.9 Å². The number of ether oxygens (including phenoxy) is 1. The maximum atomic E-state index is 5.18. The number of hydrogen-bond acceptors (Lipinski definition) is 3. The van der Waals surface area contributed by atoms with Gasteiger partial charge in [-0.25, -0.2) is 0 Å². The van der Waals surface area contributed by atoms with E-state index in [0.29, 0.717) is 18.6 Å². The van der Waals surface area contributed by atoms with E-state index in [9.17, 15) is 0 Å². The number of aromatic nitrogens is 2. The highest BCUT2D eigenvalue weighted by Gasteiger charge is 2.26. The number of rotatable bonds is 10. The highest BCUT2D eigenvalue weighted by Crippen LogP contribution is 2.33. The van der Waals surface area contributed by atoms with Crippen molar-refractivity contribution >= 4 is 15.9 Å². The second kappa shape index (κ2) is 9.53. The Morgan fingerprint density at radius 2 is 2.00 bits per heavy atom. The van der Waals surface area contributed by atoms with Gasteiger partial charge < -0.3 is 10.1 Å². The van der Waals surface area contributed by atoms with E-state index >= 15 is 0 Å². The number of nitrogens with zero attached hydrogens (tertiary/aromatic N) is 2. The zero-order chi connectivity index (χ0) is 15.0. The van der Waals surface area contributed by atoms with Crippen molar-refractivity contribution < 1.29 is 4.74 Å². The first-order chi connectivity index (χ1) is 9.69. The first-order valence-electron chi connectivity index (χ1n) is 7.56. The summed E-state index contributed by atoms with van der Waals surface area (Å²) in [6, 6.07) is 0.337. The minimum atomic E-state index is 0.337. The van der Waals surface area contributed by atoms with Gasteiger partial charge >= 0.3 is 0 Å². The fraction of sp³-hybridized carbons (Fsp3) is 0.800. The second-order valence-corrected chi connectivity index (χ2v) is 6.05. The normalized spacial score (nSPS) is 13.1. The molecule has 0 aromatic carbocycles. The summed E-state index contributed by atoms with van der Waals surface area (Å²) in [4.78, 5) is 0. The van der Waals surface area contributed by atoms with Crippen molar-refractivity contribution in [2.24, 2.45) is 5.92 Å². The van der Waals surface area contributed by atoms with Gasteiger partial charge in [-0.05, 0) is 41.7 Å². The summed E-state index contributed by atoms with van der Waals surface area (Å²) < 4.78 is 8.33. The largest absolute Gasteiger partial charge is 0.383 e. The van der Waals surface area contributed by atoms with Crippen LogP contribution in [0.3, 0.4) is 0 Å². The average molecular weight is 346 g/mol. The lowest BCUT2D eigenvalue weighted by atomic mass is 9.88. The summed E-state index contributed by atoms with van der Waals surface area (Å²) in [7, 11) is 3.77. The minimum absolute atomic E-state index is 0.337. The van der Waals surface area contributed by atoms with Crippen LogP contribution in [-0.2, 0) is 11.3 Å². The van der Waals surface area contributed by atoms with Crippen molar-refractivity contribution in [3.05, 3.63) is 16.4 Å². The third kappa shape index (κ3) is 4.57. The molecule has 0 fully saturated rings. The van der Waals surface area contributed by atoms with Gasteiger partial charge in [-0.1, -0.05) is 26.7 Å². The molecule has 0 aliphatic rings. The lowest BCUT2D eigenvalue weighted by Crippen LogP contribution is -2.29. The lowest BCUT2D eigenvalue weighted by Gasteiger charge is -2.27. The zero-order valence-electron chi connectivity index (χ0n) is 13.2. The number of nitrogens with one attached hydrogen (secondary N) is 1. The molecule has 0 radical (unpaired) electrons. The molecule has 1 unspecified atom stereocenters. The first kappa shape index (κ1) is 17.7. The Bertz CT molecular complexity index is 375. The molecule has 1 atom stereocenters. The summed E-state index contributed by atoms with van der Waals surface area (Å²) in [5.41, 5.74) is 1.25. The third-order valence-electron chi connectivity index (χ3n) is 3.74. The summed E-state index contributed by atoms with van der Waals surface area (Å²) in [5, 5.41) is 7.97. The van der Waals surface area contributed by atoms with E-state index < -0.39 is 0 Å². The summed E-state index contributed by atoms with van der Waals surface area (Å²) in [5.74, 6) is 0.643. The second-order valence-electron chi connectivity index (χ2n) is 5.20. The molecule has 0 saturated heterocycles. The Morgan fingerprint density at radius 1 is 1.35 bits per heavy atom. The molecular formula is C15H28BrN3O. The van der Waals surface area contributed by atoms with Gasteiger partial charge in [0.2, 0.25) is 0 Å². The summed E-state index contributed by atoms with van der Waals surface area (Å²) in [6.45, 7) is 5.99. The van der Waals surface area contributed by atoms with Gasteiger partial charge in [-0.2, -0.15) is 5.10 Å². The molecule has 0 saturated carbocycles. The van der Waals surface area contributed by atoms with Crippen LogP contribution in [0.5, 0.6) is 0 Å². The lowest BCUT2D eigenvalue weighted by molar-refractivity contribution is 0.180. The van der Waals surface area contributed by atoms with Crippen LogP contribution < -0.4 is 5.32 Å². The van der Waals surface area contributed by atoms with Crippen molar-refractivity contribution in [3.63, 3.8) is 0 Å². The van der Waals surface area contributed by atoms with Crippen molar-refractivity contribution in [2.45, 2.75) is 52.1 Å². The Kier molecular flexibility index (Phi) is 8.41. The third-order valence-corrected chi connectivity index (χ3v) is 4.35. The van der Waals surface area contributed by atoms with Crippen LogP contribution in [0.25, 0.3) is 0 Å². The van der Waals surface area contributed by atoms with Gasteiger partial charge in [0.05, 0.1) is 35.6 Å². The standard InChI is InChI=1S/C15H28BrN3O/c1-5-7-12(8-6-2)14(17-3)15-13(16)11-18-19(15)9-10-20-4/h11-12,14,17H,5-10H2,1-4H3. The maximum Gasteiger partial charge on any atom is 0.0699 e. The van der Waals surface area contributed by atoms with Crippen molar-refractivity contribution in [1.29, 1.82) is 0 Å². The molecule has 1 heterocycles. The Hall–Kier alpha value is -0.390. The fourth-order valence-electron chi connectivity index (χ4n) is 2.85. The van der Waals surface area contributed by atoms with Crippen LogP contribution in [0.2, 0.25) is 0 Å². The maximum absolute atomic E-state index is 5.18. The first-order valence-corrected chi connectivity index (χ1v) is 8.36. The summed E-state index contributed by atoms with van der Waals surface area (Å²) >= 11 is 3.66. The highest BCUT2D eigenvalue weighted by molar-refractivity contribution is 9.10. The molecule has 116 valence electrons. The van der Waals surface area contributed by atoms with E-state index in [-0.39, 0.29) is 0 Å². The molecule has 0 bridgehead atoms. The van der Waals surface area contributed by atoms with Crippen molar-refractivity contribution in [2.75, 3.05) is 20.8 Å². The van der Waals surface area contributed by atoms with E-state index in [1.807, 2.05) is 13.2 Å². The predicted molar refractivity (Wildman–Crippen MR) is 86.9 cm³/mol. The smallest absolute Gasteiger partial charge is 0.0699 e. The van der Waals surface area contributed by atoms with Gasteiger partial charge in [0.15, 0.2) is 0 Å². The molecule has 1 rings (SSSR count). The van der Waals surface area contributed by atoms with Crippen LogP contribution in [0, 0.1) is 5.92 Å². The molecule has 1 aromatic heterocycles. The summed E-state index contributed by atoms with van der Waals surface area (Å²) in [6.07, 6.45) is 6.80. The Labute approximate surface area is 131 Å². The monoisotopic (exact) mass is 345 g/mol. The van der Waals surface area contributed by atoms with E-state index in [1.165, 1.54) is 31.4 Å². The molecule has 1 aromatic rings. The minimum Gasteiger partial charge on any atom is -0.383 e. The van der Waals surface area contributed by atoms with Crippen LogP contribution in [-0.4, -0.2) is 30.5 Å². The molecule has 0 aliphatic heterocycles. The molecule has 0 aliphatic carbocycles. The predicted octanol–water partition coefficient (Wildman–Crippen LogP) is 3.77. The highest BCUT2D eigenvalue weighted by atomic mass is 79.9. The SMILES string of the molecule is CCCC(CCC)C(NC)c1c(Br)cnn1CCOC. The number of hydrogen-bond donors (Lipinski definition) is 1. The molecule has 20 heavy (non-hydrogen) atoms. The van der Waals surface area contributed by atoms with Crippen molar-refractivity contribution in [1.82, 2.24) is 15.1 Å². The van der Waals surface area contributed by atoms with Gasteiger partial charge in [-0.3, -0.25) is 4.68 Å². The molecule has 1 N–H and O–H groups in total. The van der Waals surface area contributed by atoms with Crippen LogP contribution in [0.1, 0.15) is 51.3 Å². The van der Waals surface area contributed by atoms with Crippen LogP contribution >= 0.6 is 15.9 Å². The quantitative estimate of drug-likeness (QED) is 0.701. The molecule has 0 spiro atoms. The molecule has 5 heteroatoms. The van der Waals surface area contributed by atoms with Gasteiger partial charge in [0.25, 0.3) is 0 Å². The number of methoxy groups -OCH3 is 1. The molecular weight excluding hydrogens is 318 g/mol. The van der Waals surface area contributed by atoms with E-state index in [1.54, 1.807) is 7.11 Å². The van der Waals surface area contributed by atoms with Crippen molar-refractivity contribution in [3.8, 4) is 0 Å². The Morgan fingerprint density at radius 3 is 2.50 bits per heavy atom. The number of halogens is 1.